The first-order chi connectivity index (χ1) is 10.8. The van der Waals surface area contributed by atoms with E-state index in [2.05, 4.69) is 34.2 Å². The number of nitrogens with zero attached hydrogens (tertiary/aromatic N) is 2. The smallest absolute Gasteiger partial charge is 0.222 e. The molecule has 4 nitrogen and oxygen atoms in total. The number of hydrogen-bond donors (Lipinski definition) is 1. The molecule has 1 saturated heterocycles. The topological polar surface area (TPSA) is 49.0 Å². The lowest BCUT2D eigenvalue weighted by atomic mass is 9.94. The van der Waals surface area contributed by atoms with Crippen LogP contribution in [0, 0.1) is 0 Å². The van der Waals surface area contributed by atoms with Gasteiger partial charge in [-0.2, -0.15) is 0 Å². The number of H-pyrrole nitrogens is 1. The minimum absolute atomic E-state index is 0.305. The van der Waals surface area contributed by atoms with Gasteiger partial charge in [0.15, 0.2) is 0 Å². The summed E-state index contributed by atoms with van der Waals surface area (Å²) >= 11 is 0. The van der Waals surface area contributed by atoms with Gasteiger partial charge in [0.25, 0.3) is 0 Å². The summed E-state index contributed by atoms with van der Waals surface area (Å²) in [5.41, 5.74) is 2.52. The molecule has 1 aromatic carbocycles. The zero-order chi connectivity index (χ0) is 15.2. The zero-order valence-corrected chi connectivity index (χ0v) is 12.9. The van der Waals surface area contributed by atoms with E-state index in [9.17, 15) is 4.79 Å². The third-order valence-corrected chi connectivity index (χ3v) is 4.51. The molecule has 1 fully saturated rings. The molecule has 1 N–H and O–H groups in total. The van der Waals surface area contributed by atoms with Crippen molar-refractivity contribution in [1.82, 2.24) is 14.9 Å². The molecule has 1 amide bonds. The molecule has 0 saturated carbocycles. The van der Waals surface area contributed by atoms with Gasteiger partial charge in [-0.15, -0.1) is 0 Å². The van der Waals surface area contributed by atoms with Crippen LogP contribution >= 0.6 is 0 Å². The van der Waals surface area contributed by atoms with Gasteiger partial charge in [0, 0.05) is 37.3 Å². The minimum Gasteiger partial charge on any atom is -0.348 e. The van der Waals surface area contributed by atoms with Crippen LogP contribution in [0.4, 0.5) is 0 Å². The van der Waals surface area contributed by atoms with Gasteiger partial charge < -0.3 is 9.88 Å². The number of aromatic nitrogens is 2. The van der Waals surface area contributed by atoms with E-state index in [1.54, 1.807) is 6.33 Å². The number of likely N-dealkylation sites (tertiary alicyclic amines) is 1. The Kier molecular flexibility index (Phi) is 4.88. The summed E-state index contributed by atoms with van der Waals surface area (Å²) in [6.07, 6.45) is 8.28. The van der Waals surface area contributed by atoms with Gasteiger partial charge in [-0.3, -0.25) is 4.79 Å². The fraction of sp³-hybridized carbons (Fsp3) is 0.444. The molecule has 0 radical (unpaired) electrons. The Morgan fingerprint density at radius 1 is 1.23 bits per heavy atom. The van der Waals surface area contributed by atoms with Crippen LogP contribution in [0.25, 0.3) is 0 Å². The summed E-state index contributed by atoms with van der Waals surface area (Å²) in [7, 11) is 0. The number of amides is 1. The second-order valence-corrected chi connectivity index (χ2v) is 6.00. The van der Waals surface area contributed by atoms with Gasteiger partial charge in [0.1, 0.15) is 0 Å². The number of hydrogen-bond acceptors (Lipinski definition) is 2. The predicted octanol–water partition coefficient (Wildman–Crippen LogP) is 3.14. The normalized spacial score (nSPS) is 15.9. The molecule has 2 aromatic rings. The monoisotopic (exact) mass is 297 g/mol. The van der Waals surface area contributed by atoms with Gasteiger partial charge in [-0.1, -0.05) is 30.3 Å². The summed E-state index contributed by atoms with van der Waals surface area (Å²) in [5.74, 6) is 0.829. The van der Waals surface area contributed by atoms with Crippen molar-refractivity contribution in [1.29, 1.82) is 0 Å². The van der Waals surface area contributed by atoms with Crippen LogP contribution in [0.5, 0.6) is 0 Å². The van der Waals surface area contributed by atoms with E-state index in [-0.39, 0.29) is 0 Å². The third-order valence-electron chi connectivity index (χ3n) is 4.51. The number of aryl methyl sites for hydroxylation is 1. The molecule has 0 spiro atoms. The molecule has 0 atom stereocenters. The van der Waals surface area contributed by atoms with Gasteiger partial charge >= 0.3 is 0 Å². The molecule has 1 aromatic heterocycles. The predicted molar refractivity (Wildman–Crippen MR) is 86.5 cm³/mol. The van der Waals surface area contributed by atoms with Crippen molar-refractivity contribution in [2.75, 3.05) is 13.1 Å². The molecule has 1 aliphatic rings. The summed E-state index contributed by atoms with van der Waals surface area (Å²) in [6, 6.07) is 10.4. The van der Waals surface area contributed by atoms with Crippen molar-refractivity contribution >= 4 is 5.91 Å². The average Bonchev–Trinajstić information content (AvgIpc) is 3.10. The van der Waals surface area contributed by atoms with Crippen molar-refractivity contribution < 1.29 is 4.79 Å². The van der Waals surface area contributed by atoms with E-state index in [0.29, 0.717) is 18.2 Å². The number of benzene rings is 1. The van der Waals surface area contributed by atoms with Crippen LogP contribution in [0.2, 0.25) is 0 Å². The molecule has 0 bridgehead atoms. The lowest BCUT2D eigenvalue weighted by Crippen LogP contribution is -2.37. The standard InChI is InChI=1S/C18H23N3O/c22-18(8-4-7-15-5-2-1-3-6-15)21-11-9-16(10-12-21)17-13-19-14-20-17/h1-3,5-6,13-14,16H,4,7-12H2,(H,19,20). The molecule has 3 rings (SSSR count). The Bertz CT molecular complexity index is 572. The number of carbonyl (C=O) groups is 1. The highest BCUT2D eigenvalue weighted by atomic mass is 16.2. The SMILES string of the molecule is O=C(CCCc1ccccc1)N1CCC(c2cnc[nH]2)CC1. The number of piperidine rings is 1. The molecule has 0 unspecified atom stereocenters. The fourth-order valence-electron chi connectivity index (χ4n) is 3.18. The fourth-order valence-corrected chi connectivity index (χ4v) is 3.18. The van der Waals surface area contributed by atoms with Crippen molar-refractivity contribution in [3.05, 3.63) is 54.1 Å². The first kappa shape index (κ1) is 14.8. The van der Waals surface area contributed by atoms with E-state index in [1.165, 1.54) is 11.3 Å². The highest BCUT2D eigenvalue weighted by Crippen LogP contribution is 2.26. The largest absolute Gasteiger partial charge is 0.348 e. The zero-order valence-electron chi connectivity index (χ0n) is 12.9. The Balaban J connectivity index is 1.40. The quantitative estimate of drug-likeness (QED) is 0.921. The van der Waals surface area contributed by atoms with Crippen molar-refractivity contribution in [2.45, 2.75) is 38.0 Å². The lowest BCUT2D eigenvalue weighted by molar-refractivity contribution is -0.132. The number of rotatable bonds is 5. The maximum atomic E-state index is 12.3. The second-order valence-electron chi connectivity index (χ2n) is 6.00. The maximum Gasteiger partial charge on any atom is 0.222 e. The molecular weight excluding hydrogens is 274 g/mol. The van der Waals surface area contributed by atoms with Crippen LogP contribution < -0.4 is 0 Å². The van der Waals surface area contributed by atoms with E-state index < -0.39 is 0 Å². The van der Waals surface area contributed by atoms with E-state index >= 15 is 0 Å². The molecule has 2 heterocycles. The molecule has 0 aliphatic carbocycles. The maximum absolute atomic E-state index is 12.3. The van der Waals surface area contributed by atoms with Crippen molar-refractivity contribution in [3.63, 3.8) is 0 Å². The van der Waals surface area contributed by atoms with Crippen LogP contribution in [0.15, 0.2) is 42.9 Å². The Morgan fingerprint density at radius 3 is 2.68 bits per heavy atom. The molecule has 22 heavy (non-hydrogen) atoms. The second kappa shape index (κ2) is 7.25. The first-order valence-electron chi connectivity index (χ1n) is 8.13. The Labute approximate surface area is 131 Å². The molecule has 1 aliphatic heterocycles. The van der Waals surface area contributed by atoms with E-state index in [0.717, 1.165) is 38.8 Å². The van der Waals surface area contributed by atoms with Crippen molar-refractivity contribution in [2.24, 2.45) is 0 Å². The van der Waals surface area contributed by atoms with E-state index in [4.69, 9.17) is 0 Å². The number of nitrogens with one attached hydrogen (secondary N) is 1. The van der Waals surface area contributed by atoms with Crippen LogP contribution in [0.1, 0.15) is 42.9 Å². The first-order valence-corrected chi connectivity index (χ1v) is 8.13. The lowest BCUT2D eigenvalue weighted by Gasteiger charge is -2.31. The van der Waals surface area contributed by atoms with Gasteiger partial charge in [0.05, 0.1) is 6.33 Å². The number of carbonyl (C=O) groups excluding carboxylic acids is 1. The van der Waals surface area contributed by atoms with E-state index in [1.807, 2.05) is 17.2 Å². The minimum atomic E-state index is 0.305. The highest BCUT2D eigenvalue weighted by Gasteiger charge is 2.24. The van der Waals surface area contributed by atoms with Crippen LogP contribution in [-0.4, -0.2) is 33.9 Å². The number of aromatic amines is 1. The molecular formula is C18H23N3O. The summed E-state index contributed by atoms with van der Waals surface area (Å²) in [5, 5.41) is 0. The summed E-state index contributed by atoms with van der Waals surface area (Å²) < 4.78 is 0. The Morgan fingerprint density at radius 2 is 2.00 bits per heavy atom. The van der Waals surface area contributed by atoms with Gasteiger partial charge in [0.2, 0.25) is 5.91 Å². The summed E-state index contributed by atoms with van der Waals surface area (Å²) in [4.78, 5) is 21.6. The van der Waals surface area contributed by atoms with Crippen LogP contribution in [0.3, 0.4) is 0 Å². The molecule has 116 valence electrons. The number of imidazole rings is 1. The van der Waals surface area contributed by atoms with Crippen molar-refractivity contribution in [3.8, 4) is 0 Å². The van der Waals surface area contributed by atoms with Gasteiger partial charge in [-0.25, -0.2) is 4.98 Å². The summed E-state index contributed by atoms with van der Waals surface area (Å²) in [6.45, 7) is 1.74. The van der Waals surface area contributed by atoms with Gasteiger partial charge in [-0.05, 0) is 31.2 Å². The Hall–Kier alpha value is -2.10. The average molecular weight is 297 g/mol. The molecule has 4 heteroatoms. The third kappa shape index (κ3) is 3.75. The van der Waals surface area contributed by atoms with Crippen LogP contribution in [-0.2, 0) is 11.2 Å². The highest BCUT2D eigenvalue weighted by molar-refractivity contribution is 5.76.